The first-order chi connectivity index (χ1) is 28.3. The van der Waals surface area contributed by atoms with Crippen molar-refractivity contribution in [2.24, 2.45) is 11.5 Å². The summed E-state index contributed by atoms with van der Waals surface area (Å²) in [6, 6.07) is -5.52. The molecule has 0 bridgehead atoms. The van der Waals surface area contributed by atoms with Crippen LogP contribution in [-0.2, 0) is 43.2 Å². The van der Waals surface area contributed by atoms with Crippen molar-refractivity contribution in [1.29, 1.82) is 0 Å². The van der Waals surface area contributed by atoms with Crippen LogP contribution in [0.25, 0.3) is 0 Å². The zero-order valence-corrected chi connectivity index (χ0v) is 33.4. The van der Waals surface area contributed by atoms with Crippen molar-refractivity contribution < 1.29 is 63.6 Å². The Morgan fingerprint density at radius 1 is 0.650 bits per heavy atom. The summed E-state index contributed by atoms with van der Waals surface area (Å²) >= 11 is 1.89. The van der Waals surface area contributed by atoms with Crippen molar-refractivity contribution in [3.63, 3.8) is 0 Å². The normalized spacial score (nSPS) is 13.9. The second-order valence-corrected chi connectivity index (χ2v) is 15.2. The van der Waals surface area contributed by atoms with Crippen molar-refractivity contribution >= 4 is 88.2 Å². The van der Waals surface area contributed by atoms with Crippen LogP contribution in [0.15, 0.2) is 24.9 Å². The third-order valence-electron chi connectivity index (χ3n) is 7.94. The number of rotatable bonds is 28. The molecule has 0 spiro atoms. The van der Waals surface area contributed by atoms with Gasteiger partial charge in [0.05, 0.1) is 46.2 Å². The summed E-state index contributed by atoms with van der Waals surface area (Å²) in [4.78, 5) is 126. The third-order valence-corrected chi connectivity index (χ3v) is 10.6. The maximum Gasteiger partial charge on any atom is 0.322 e. The van der Waals surface area contributed by atoms with Crippen molar-refractivity contribution in [3.8, 4) is 0 Å². The highest BCUT2D eigenvalue weighted by Crippen LogP contribution is 2.37. The van der Waals surface area contributed by atoms with Crippen molar-refractivity contribution in [2.75, 3.05) is 36.1 Å². The molecule has 0 aromatic carbocycles. The Balaban J connectivity index is 2.37. The molecule has 0 saturated carbocycles. The molecule has 0 aliphatic carbocycles. The smallest absolute Gasteiger partial charge is 0.322 e. The molecule has 6 atom stereocenters. The minimum Gasteiger partial charge on any atom is -0.480 e. The summed E-state index contributed by atoms with van der Waals surface area (Å²) in [5, 5.41) is 43.6. The highest BCUT2D eigenvalue weighted by atomic mass is 32.2. The standard InChI is InChI=1S/C33H46N12O13S2/c34-15-7-39-29(40-8-15)23(60-13-21(31(54)42-11-27(51)52)45-25(48)4-2-18(36)33(57)58)6-16(46)5-22(28-19(37)9-38-14-43-28)59-12-20(30(53)41-10-26(49)50)44-24(47)3-1-17(35)32(55)56/h7-9,14,17-18,20-23H,1-6,10-13,34-37H2,(H,41,53)(H,42,54)(H,44,47)(H,45,48)(H,49,50)(H,51,52)(H,55,56)(H,57,58)/t17-,18+,20-,21-,22?,23?/m0/s1. The lowest BCUT2D eigenvalue weighted by Gasteiger charge is -2.23. The number of nitrogen functional groups attached to an aromatic ring is 2. The maximum absolute atomic E-state index is 13.9. The molecule has 60 heavy (non-hydrogen) atoms. The predicted molar refractivity (Wildman–Crippen MR) is 212 cm³/mol. The van der Waals surface area contributed by atoms with E-state index in [1.165, 1.54) is 18.6 Å². The lowest BCUT2D eigenvalue weighted by Crippen LogP contribution is -2.49. The SMILES string of the molecule is Nc1cnc(C(CC(=O)CC(SC[C@H](NC(=O)CC[C@H](N)C(=O)O)C(=O)NCC(=O)O)c2ncncc2N)SC[C@H](NC(=O)CC[C@@H](N)C(=O)O)C(=O)NCC(=O)O)nc1. The number of carbonyl (C=O) groups is 9. The van der Waals surface area contributed by atoms with Gasteiger partial charge in [0.1, 0.15) is 55.2 Å². The molecule has 0 aliphatic heterocycles. The van der Waals surface area contributed by atoms with Gasteiger partial charge in [-0.25, -0.2) is 19.9 Å². The average Bonchev–Trinajstić information content (AvgIpc) is 3.19. The Labute approximate surface area is 349 Å². The Morgan fingerprint density at radius 3 is 1.53 bits per heavy atom. The summed E-state index contributed by atoms with van der Waals surface area (Å²) in [7, 11) is 0. The number of amides is 4. The van der Waals surface area contributed by atoms with Crippen LogP contribution in [-0.4, -0.2) is 142 Å². The lowest BCUT2D eigenvalue weighted by molar-refractivity contribution is -0.140. The monoisotopic (exact) mass is 882 g/mol. The number of hydrogen-bond donors (Lipinski definition) is 12. The van der Waals surface area contributed by atoms with Crippen molar-refractivity contribution in [3.05, 3.63) is 36.4 Å². The number of carboxylic acids is 4. The lowest BCUT2D eigenvalue weighted by atomic mass is 10.1. The van der Waals surface area contributed by atoms with Gasteiger partial charge in [-0.3, -0.25) is 43.2 Å². The van der Waals surface area contributed by atoms with Crippen LogP contribution in [0.4, 0.5) is 11.4 Å². The fourth-order valence-electron chi connectivity index (χ4n) is 4.80. The number of carbonyl (C=O) groups excluding carboxylic acids is 5. The first kappa shape index (κ1) is 50.0. The molecule has 16 N–H and O–H groups in total. The Morgan fingerprint density at radius 2 is 1.10 bits per heavy atom. The van der Waals surface area contributed by atoms with Gasteiger partial charge in [0.25, 0.3) is 0 Å². The summed E-state index contributed by atoms with van der Waals surface area (Å²) in [5.41, 5.74) is 23.3. The van der Waals surface area contributed by atoms with Gasteiger partial charge in [0, 0.05) is 37.2 Å². The van der Waals surface area contributed by atoms with Gasteiger partial charge >= 0.3 is 23.9 Å². The molecule has 2 heterocycles. The number of nitrogens with one attached hydrogen (secondary N) is 4. The molecule has 2 rings (SSSR count). The molecule has 4 amide bonds. The molecular formula is C33H46N12O13S2. The summed E-state index contributed by atoms with van der Waals surface area (Å²) in [6.07, 6.45) is 2.99. The van der Waals surface area contributed by atoms with Crippen LogP contribution in [0, 0.1) is 0 Å². The quantitative estimate of drug-likeness (QED) is 0.0400. The van der Waals surface area contributed by atoms with Crippen LogP contribution >= 0.6 is 23.5 Å². The van der Waals surface area contributed by atoms with Gasteiger partial charge in [-0.15, -0.1) is 23.5 Å². The molecule has 328 valence electrons. The summed E-state index contributed by atoms with van der Waals surface area (Å²) in [5.74, 6) is -9.73. The van der Waals surface area contributed by atoms with Crippen molar-refractivity contribution in [1.82, 2.24) is 41.2 Å². The number of nitrogens with two attached hydrogens (primary N) is 4. The maximum atomic E-state index is 13.9. The zero-order chi connectivity index (χ0) is 44.9. The molecule has 2 unspecified atom stereocenters. The highest BCUT2D eigenvalue weighted by Gasteiger charge is 2.30. The zero-order valence-electron chi connectivity index (χ0n) is 31.7. The Hall–Kier alpha value is -6.19. The van der Waals surface area contributed by atoms with Crippen molar-refractivity contribution in [2.45, 2.75) is 73.2 Å². The van der Waals surface area contributed by atoms with E-state index >= 15 is 0 Å². The second-order valence-electron chi connectivity index (χ2n) is 12.8. The summed E-state index contributed by atoms with van der Waals surface area (Å²) in [6.45, 7) is -1.59. The van der Waals surface area contributed by atoms with Gasteiger partial charge in [-0.05, 0) is 12.8 Å². The topological polar surface area (TPSA) is 438 Å². The van der Waals surface area contributed by atoms with E-state index in [0.29, 0.717) is 0 Å². The number of aliphatic carboxylic acids is 4. The number of ketones is 1. The number of carboxylic acid groups (broad SMARTS) is 4. The largest absolute Gasteiger partial charge is 0.480 e. The van der Waals surface area contributed by atoms with Crippen LogP contribution in [0.2, 0.25) is 0 Å². The average molecular weight is 883 g/mol. The first-order valence-corrected chi connectivity index (χ1v) is 19.8. The molecule has 0 saturated heterocycles. The Kier molecular flexibility index (Phi) is 21.1. The van der Waals surface area contributed by atoms with Gasteiger partial charge in [-0.2, -0.15) is 0 Å². The molecule has 0 aliphatic rings. The third kappa shape index (κ3) is 18.6. The number of anilines is 2. The minimum atomic E-state index is -1.39. The minimum absolute atomic E-state index is 0.0597. The molecule has 25 nitrogen and oxygen atoms in total. The Bertz CT molecular complexity index is 1860. The molecule has 2 aromatic rings. The van der Waals surface area contributed by atoms with Gasteiger partial charge in [0.2, 0.25) is 23.6 Å². The fraction of sp³-hybridized carbons (Fsp3) is 0.485. The van der Waals surface area contributed by atoms with Crippen LogP contribution in [0.5, 0.6) is 0 Å². The van der Waals surface area contributed by atoms with Crippen LogP contribution < -0.4 is 44.2 Å². The number of thioether (sulfide) groups is 2. The molecule has 2 aromatic heterocycles. The van der Waals surface area contributed by atoms with Crippen LogP contribution in [0.1, 0.15) is 60.5 Å². The van der Waals surface area contributed by atoms with Gasteiger partial charge in [0.15, 0.2) is 0 Å². The number of hydrogen-bond acceptors (Lipinski definition) is 19. The molecule has 27 heteroatoms. The molecular weight excluding hydrogens is 837 g/mol. The number of aromatic nitrogens is 4. The van der Waals surface area contributed by atoms with E-state index < -0.39 is 107 Å². The predicted octanol–water partition coefficient (Wildman–Crippen LogP) is -3.22. The van der Waals surface area contributed by atoms with Crippen LogP contribution in [0.3, 0.4) is 0 Å². The van der Waals surface area contributed by atoms with E-state index in [4.69, 9.17) is 43.4 Å². The van der Waals surface area contributed by atoms with E-state index in [0.717, 1.165) is 29.9 Å². The van der Waals surface area contributed by atoms with E-state index in [1.54, 1.807) is 0 Å². The second kappa shape index (κ2) is 25.3. The van der Waals surface area contributed by atoms with E-state index in [9.17, 15) is 43.2 Å². The number of nitrogens with zero attached hydrogens (tertiary/aromatic N) is 4. The highest BCUT2D eigenvalue weighted by molar-refractivity contribution is 7.99. The molecule has 0 radical (unpaired) electrons. The molecule has 0 fully saturated rings. The van der Waals surface area contributed by atoms with E-state index in [1.807, 2.05) is 0 Å². The summed E-state index contributed by atoms with van der Waals surface area (Å²) < 4.78 is 0. The fourth-order valence-corrected chi connectivity index (χ4v) is 7.36. The first-order valence-electron chi connectivity index (χ1n) is 17.7. The van der Waals surface area contributed by atoms with Gasteiger partial charge in [-0.1, -0.05) is 0 Å². The number of Topliss-reactive ketones (excluding diaryl/α,β-unsaturated/α-hetero) is 1. The van der Waals surface area contributed by atoms with E-state index in [2.05, 4.69) is 41.2 Å². The van der Waals surface area contributed by atoms with E-state index in [-0.39, 0.29) is 66.5 Å². The van der Waals surface area contributed by atoms with Gasteiger partial charge < -0.3 is 64.6 Å².